The Morgan fingerprint density at radius 3 is 2.26 bits per heavy atom. The highest BCUT2D eigenvalue weighted by molar-refractivity contribution is 7.80. The van der Waals surface area contributed by atoms with Gasteiger partial charge in [0, 0.05) is 23.9 Å². The number of amides is 2. The Bertz CT molecular complexity index is 819. The fraction of sp³-hybridized carbons (Fsp3) is 0.250. The number of benzene rings is 2. The van der Waals surface area contributed by atoms with E-state index in [1.54, 1.807) is 48.5 Å². The lowest BCUT2D eigenvalue weighted by Crippen LogP contribution is -2.34. The van der Waals surface area contributed by atoms with Gasteiger partial charge in [0.25, 0.3) is 5.91 Å². The molecule has 0 aliphatic heterocycles. The highest BCUT2D eigenvalue weighted by Gasteiger charge is 2.09. The van der Waals surface area contributed by atoms with E-state index in [2.05, 4.69) is 29.8 Å². The minimum absolute atomic E-state index is 0.163. The molecule has 0 radical (unpaired) electrons. The minimum atomic E-state index is -0.319. The molecule has 0 aliphatic carbocycles. The van der Waals surface area contributed by atoms with Crippen LogP contribution in [0.2, 0.25) is 0 Å². The first kappa shape index (κ1) is 20.4. The number of carbonyl (C=O) groups is 2. The molecule has 0 aromatic heterocycles. The second kappa shape index (κ2) is 9.68. The molecule has 0 spiro atoms. The molecule has 2 aromatic rings. The molecule has 0 atom stereocenters. The SMILES string of the molecule is CC(=O)Nc1cccc(NC(=S)NC(=O)c2ccc(OCC(C)C)cc2)c1. The number of rotatable bonds is 6. The molecule has 6 nitrogen and oxygen atoms in total. The van der Waals surface area contributed by atoms with Crippen LogP contribution in [0, 0.1) is 5.92 Å². The largest absolute Gasteiger partial charge is 0.493 e. The van der Waals surface area contributed by atoms with Crippen molar-refractivity contribution in [1.29, 1.82) is 0 Å². The van der Waals surface area contributed by atoms with Crippen LogP contribution < -0.4 is 20.7 Å². The van der Waals surface area contributed by atoms with E-state index in [1.165, 1.54) is 6.92 Å². The molecular formula is C20H23N3O3S. The first-order chi connectivity index (χ1) is 12.8. The highest BCUT2D eigenvalue weighted by atomic mass is 32.1. The summed E-state index contributed by atoms with van der Waals surface area (Å²) in [6.07, 6.45) is 0. The summed E-state index contributed by atoms with van der Waals surface area (Å²) in [6, 6.07) is 13.9. The molecule has 0 fully saturated rings. The number of hydrogen-bond acceptors (Lipinski definition) is 4. The maximum Gasteiger partial charge on any atom is 0.257 e. The van der Waals surface area contributed by atoms with Crippen molar-refractivity contribution in [3.8, 4) is 5.75 Å². The Hall–Kier alpha value is -2.93. The fourth-order valence-corrected chi connectivity index (χ4v) is 2.39. The van der Waals surface area contributed by atoms with Crippen LogP contribution in [0.15, 0.2) is 48.5 Å². The predicted molar refractivity (Wildman–Crippen MR) is 111 cm³/mol. The number of anilines is 2. The summed E-state index contributed by atoms with van der Waals surface area (Å²) >= 11 is 5.18. The van der Waals surface area contributed by atoms with Gasteiger partial charge in [-0.2, -0.15) is 0 Å². The van der Waals surface area contributed by atoms with Crippen molar-refractivity contribution in [2.45, 2.75) is 20.8 Å². The van der Waals surface area contributed by atoms with Crippen molar-refractivity contribution >= 4 is 40.5 Å². The summed E-state index contributed by atoms with van der Waals surface area (Å²) in [7, 11) is 0. The van der Waals surface area contributed by atoms with Crippen molar-refractivity contribution in [2.75, 3.05) is 17.2 Å². The number of nitrogens with one attached hydrogen (secondary N) is 3. The molecule has 142 valence electrons. The van der Waals surface area contributed by atoms with E-state index in [-0.39, 0.29) is 16.9 Å². The average molecular weight is 385 g/mol. The van der Waals surface area contributed by atoms with Gasteiger partial charge in [-0.3, -0.25) is 14.9 Å². The third-order valence-electron chi connectivity index (χ3n) is 3.37. The van der Waals surface area contributed by atoms with E-state index in [0.717, 1.165) is 5.75 Å². The van der Waals surface area contributed by atoms with Crippen molar-refractivity contribution in [3.63, 3.8) is 0 Å². The topological polar surface area (TPSA) is 79.5 Å². The molecule has 0 saturated heterocycles. The van der Waals surface area contributed by atoms with E-state index in [1.807, 2.05) is 0 Å². The van der Waals surface area contributed by atoms with Crippen molar-refractivity contribution in [3.05, 3.63) is 54.1 Å². The average Bonchev–Trinajstić information content (AvgIpc) is 2.60. The second-order valence-electron chi connectivity index (χ2n) is 6.40. The lowest BCUT2D eigenvalue weighted by molar-refractivity contribution is -0.114. The smallest absolute Gasteiger partial charge is 0.257 e. The van der Waals surface area contributed by atoms with Crippen molar-refractivity contribution in [2.24, 2.45) is 5.92 Å². The van der Waals surface area contributed by atoms with Gasteiger partial charge in [0.15, 0.2) is 5.11 Å². The van der Waals surface area contributed by atoms with Crippen LogP contribution in [-0.2, 0) is 4.79 Å². The van der Waals surface area contributed by atoms with Gasteiger partial charge in [-0.25, -0.2) is 0 Å². The summed E-state index contributed by atoms with van der Waals surface area (Å²) < 4.78 is 5.60. The Morgan fingerprint density at radius 2 is 1.67 bits per heavy atom. The molecule has 3 N–H and O–H groups in total. The molecule has 2 aromatic carbocycles. The molecule has 0 unspecified atom stereocenters. The Morgan fingerprint density at radius 1 is 1.04 bits per heavy atom. The highest BCUT2D eigenvalue weighted by Crippen LogP contribution is 2.16. The number of hydrogen-bond donors (Lipinski definition) is 3. The monoisotopic (exact) mass is 385 g/mol. The van der Waals surface area contributed by atoms with E-state index < -0.39 is 0 Å². The molecule has 0 aliphatic rings. The minimum Gasteiger partial charge on any atom is -0.493 e. The molecule has 2 amide bonds. The first-order valence-corrected chi connectivity index (χ1v) is 8.97. The first-order valence-electron chi connectivity index (χ1n) is 8.56. The van der Waals surface area contributed by atoms with E-state index >= 15 is 0 Å². The van der Waals surface area contributed by atoms with Crippen molar-refractivity contribution < 1.29 is 14.3 Å². The normalized spacial score (nSPS) is 10.2. The zero-order chi connectivity index (χ0) is 19.8. The van der Waals surface area contributed by atoms with Crippen LogP contribution in [-0.4, -0.2) is 23.5 Å². The van der Waals surface area contributed by atoms with Gasteiger partial charge in [0.1, 0.15) is 5.75 Å². The fourth-order valence-electron chi connectivity index (χ4n) is 2.18. The van der Waals surface area contributed by atoms with Gasteiger partial charge in [-0.1, -0.05) is 19.9 Å². The Balaban J connectivity index is 1.91. The van der Waals surface area contributed by atoms with Crippen LogP contribution in [0.25, 0.3) is 0 Å². The van der Waals surface area contributed by atoms with Gasteiger partial charge in [0.2, 0.25) is 5.91 Å². The zero-order valence-electron chi connectivity index (χ0n) is 15.5. The maximum atomic E-state index is 12.3. The molecule has 7 heteroatoms. The Kier molecular flexibility index (Phi) is 7.31. The summed E-state index contributed by atoms with van der Waals surface area (Å²) in [5, 5.41) is 8.40. The van der Waals surface area contributed by atoms with Gasteiger partial charge >= 0.3 is 0 Å². The van der Waals surface area contributed by atoms with Gasteiger partial charge in [-0.15, -0.1) is 0 Å². The molecule has 0 bridgehead atoms. The van der Waals surface area contributed by atoms with Gasteiger partial charge in [-0.05, 0) is 60.6 Å². The molecule has 2 rings (SSSR count). The Labute approximate surface area is 164 Å². The molecule has 0 heterocycles. The van der Waals surface area contributed by atoms with E-state index in [4.69, 9.17) is 17.0 Å². The summed E-state index contributed by atoms with van der Waals surface area (Å²) in [4.78, 5) is 23.4. The summed E-state index contributed by atoms with van der Waals surface area (Å²) in [5.74, 6) is 0.668. The second-order valence-corrected chi connectivity index (χ2v) is 6.81. The third kappa shape index (κ3) is 7.07. The van der Waals surface area contributed by atoms with Gasteiger partial charge in [0.05, 0.1) is 6.61 Å². The quantitative estimate of drug-likeness (QED) is 0.659. The summed E-state index contributed by atoms with van der Waals surface area (Å²) in [6.45, 7) is 6.20. The lowest BCUT2D eigenvalue weighted by Gasteiger charge is -2.12. The standard InChI is InChI=1S/C20H23N3O3S/c1-13(2)12-26-18-9-7-15(8-10-18)19(25)23-20(27)22-17-6-4-5-16(11-17)21-14(3)24/h4-11,13H,12H2,1-3H3,(H,21,24)(H2,22,23,25,27). The van der Waals surface area contributed by atoms with Crippen LogP contribution in [0.3, 0.4) is 0 Å². The van der Waals surface area contributed by atoms with Crippen LogP contribution in [0.4, 0.5) is 11.4 Å². The van der Waals surface area contributed by atoms with Crippen molar-refractivity contribution in [1.82, 2.24) is 5.32 Å². The van der Waals surface area contributed by atoms with Gasteiger partial charge < -0.3 is 15.4 Å². The molecule has 27 heavy (non-hydrogen) atoms. The third-order valence-corrected chi connectivity index (χ3v) is 3.57. The predicted octanol–water partition coefficient (Wildman–Crippen LogP) is 3.81. The number of ether oxygens (including phenoxy) is 1. The molecular weight excluding hydrogens is 362 g/mol. The lowest BCUT2D eigenvalue weighted by atomic mass is 10.2. The zero-order valence-corrected chi connectivity index (χ0v) is 16.4. The van der Waals surface area contributed by atoms with Crippen LogP contribution >= 0.6 is 12.2 Å². The number of carbonyl (C=O) groups excluding carboxylic acids is 2. The van der Waals surface area contributed by atoms with E-state index in [0.29, 0.717) is 29.5 Å². The maximum absolute atomic E-state index is 12.3. The summed E-state index contributed by atoms with van der Waals surface area (Å²) in [5.41, 5.74) is 1.77. The van der Waals surface area contributed by atoms with Crippen LogP contribution in [0.1, 0.15) is 31.1 Å². The van der Waals surface area contributed by atoms with E-state index in [9.17, 15) is 9.59 Å². The molecule has 0 saturated carbocycles. The van der Waals surface area contributed by atoms with Crippen LogP contribution in [0.5, 0.6) is 5.75 Å². The number of thiocarbonyl (C=S) groups is 1.